The Bertz CT molecular complexity index is 574. The fraction of sp³-hybridized carbons (Fsp3) is 0.960. The summed E-state index contributed by atoms with van der Waals surface area (Å²) < 4.78 is 12.1. The smallest absolute Gasteiger partial charge is 0.222 e. The summed E-state index contributed by atoms with van der Waals surface area (Å²) in [6.07, 6.45) is 10.2. The van der Waals surface area contributed by atoms with Gasteiger partial charge < -0.3 is 19.3 Å². The first-order chi connectivity index (χ1) is 15.1. The Labute approximate surface area is 189 Å². The molecule has 0 aromatic carbocycles. The van der Waals surface area contributed by atoms with Crippen molar-refractivity contribution in [2.75, 3.05) is 59.0 Å². The Balaban J connectivity index is 1.33. The molecule has 0 aromatic rings. The quantitative estimate of drug-likeness (QED) is 0.585. The second kappa shape index (κ2) is 11.0. The molecular weight excluding hydrogens is 390 g/mol. The largest absolute Gasteiger partial charge is 0.348 e. The Hall–Kier alpha value is -0.690. The SMILES string of the molecule is CCCN1C[C@@H](CC(=O)N(CC)CCN2CCCCC2)C[C@@H]2CC3(CC[C@H]21)OCCO3. The molecule has 6 nitrogen and oxygen atoms in total. The Morgan fingerprint density at radius 2 is 1.87 bits per heavy atom. The molecule has 4 aliphatic rings. The number of carbonyl (C=O) groups excluding carboxylic acids is 1. The summed E-state index contributed by atoms with van der Waals surface area (Å²) >= 11 is 0. The van der Waals surface area contributed by atoms with Crippen LogP contribution in [0.1, 0.15) is 71.6 Å². The van der Waals surface area contributed by atoms with Crippen molar-refractivity contribution in [3.05, 3.63) is 0 Å². The van der Waals surface area contributed by atoms with Gasteiger partial charge in [0, 0.05) is 51.5 Å². The zero-order valence-electron chi connectivity index (χ0n) is 20.0. The standard InChI is InChI=1S/C25H45N3O3/c1-3-10-28-20-21(17-22-19-25(9-8-23(22)28)30-15-16-31-25)18-24(29)27(4-2)14-13-26-11-6-5-7-12-26/h21-23H,3-20H2,1-2H3/t21-,22-,23-/m1/s1. The molecule has 3 saturated heterocycles. The molecule has 0 unspecified atom stereocenters. The van der Waals surface area contributed by atoms with E-state index < -0.39 is 0 Å². The summed E-state index contributed by atoms with van der Waals surface area (Å²) in [6.45, 7) is 13.3. The zero-order chi connectivity index (χ0) is 21.7. The van der Waals surface area contributed by atoms with Crippen LogP contribution in [0, 0.1) is 11.8 Å². The molecule has 3 heterocycles. The lowest BCUT2D eigenvalue weighted by atomic mass is 9.72. The maximum Gasteiger partial charge on any atom is 0.222 e. The molecule has 4 fully saturated rings. The van der Waals surface area contributed by atoms with Crippen LogP contribution < -0.4 is 0 Å². The van der Waals surface area contributed by atoms with E-state index in [1.165, 1.54) is 45.2 Å². The number of nitrogens with zero attached hydrogens (tertiary/aromatic N) is 3. The van der Waals surface area contributed by atoms with Crippen molar-refractivity contribution in [2.24, 2.45) is 11.8 Å². The van der Waals surface area contributed by atoms with E-state index >= 15 is 0 Å². The van der Waals surface area contributed by atoms with E-state index in [9.17, 15) is 4.79 Å². The topological polar surface area (TPSA) is 45.3 Å². The molecule has 1 spiro atoms. The van der Waals surface area contributed by atoms with Crippen LogP contribution in [0.25, 0.3) is 0 Å². The molecule has 6 heteroatoms. The summed E-state index contributed by atoms with van der Waals surface area (Å²) in [5.74, 6) is 1.09. The van der Waals surface area contributed by atoms with Crippen LogP contribution in [-0.4, -0.2) is 91.5 Å². The Morgan fingerprint density at radius 3 is 2.58 bits per heavy atom. The number of piperidine rings is 2. The van der Waals surface area contributed by atoms with Gasteiger partial charge in [-0.1, -0.05) is 13.3 Å². The molecule has 3 aliphatic heterocycles. The predicted molar refractivity (Wildman–Crippen MR) is 123 cm³/mol. The van der Waals surface area contributed by atoms with E-state index in [0.29, 0.717) is 30.2 Å². The van der Waals surface area contributed by atoms with Gasteiger partial charge in [-0.25, -0.2) is 0 Å². The van der Waals surface area contributed by atoms with Crippen LogP contribution in [0.3, 0.4) is 0 Å². The molecule has 178 valence electrons. The first-order valence-electron chi connectivity index (χ1n) is 13.1. The van der Waals surface area contributed by atoms with E-state index in [0.717, 1.165) is 65.2 Å². The fourth-order valence-corrected chi connectivity index (χ4v) is 6.66. The Morgan fingerprint density at radius 1 is 1.10 bits per heavy atom. The predicted octanol–water partition coefficient (Wildman–Crippen LogP) is 3.35. The maximum atomic E-state index is 13.2. The highest BCUT2D eigenvalue weighted by molar-refractivity contribution is 5.76. The van der Waals surface area contributed by atoms with Gasteiger partial charge in [0.15, 0.2) is 5.79 Å². The van der Waals surface area contributed by atoms with E-state index in [1.54, 1.807) is 0 Å². The van der Waals surface area contributed by atoms with Crippen LogP contribution >= 0.6 is 0 Å². The highest BCUT2D eigenvalue weighted by Gasteiger charge is 2.49. The van der Waals surface area contributed by atoms with Gasteiger partial charge in [-0.3, -0.25) is 9.69 Å². The molecule has 0 aromatic heterocycles. The van der Waals surface area contributed by atoms with Gasteiger partial charge in [-0.15, -0.1) is 0 Å². The first kappa shape index (κ1) is 23.5. The van der Waals surface area contributed by atoms with Gasteiger partial charge >= 0.3 is 0 Å². The number of hydrogen-bond acceptors (Lipinski definition) is 5. The first-order valence-corrected chi connectivity index (χ1v) is 13.1. The summed E-state index contributed by atoms with van der Waals surface area (Å²) in [5.41, 5.74) is 0. The molecule has 0 radical (unpaired) electrons. The molecule has 0 bridgehead atoms. The van der Waals surface area contributed by atoms with E-state index in [-0.39, 0.29) is 5.79 Å². The normalized spacial score (nSPS) is 31.6. The average molecular weight is 436 g/mol. The maximum absolute atomic E-state index is 13.2. The molecule has 31 heavy (non-hydrogen) atoms. The summed E-state index contributed by atoms with van der Waals surface area (Å²) in [5, 5.41) is 0. The second-order valence-corrected chi connectivity index (χ2v) is 10.4. The molecule has 1 amide bonds. The second-order valence-electron chi connectivity index (χ2n) is 10.4. The number of amides is 1. The van der Waals surface area contributed by atoms with Gasteiger partial charge in [-0.2, -0.15) is 0 Å². The number of rotatable bonds is 8. The fourth-order valence-electron chi connectivity index (χ4n) is 6.66. The van der Waals surface area contributed by atoms with E-state index in [2.05, 4.69) is 28.5 Å². The van der Waals surface area contributed by atoms with Crippen molar-refractivity contribution in [1.82, 2.24) is 14.7 Å². The van der Waals surface area contributed by atoms with Crippen LogP contribution in [0.2, 0.25) is 0 Å². The lowest BCUT2D eigenvalue weighted by Crippen LogP contribution is -2.55. The number of likely N-dealkylation sites (N-methyl/N-ethyl adjacent to an activating group) is 1. The molecular formula is C25H45N3O3. The molecule has 1 saturated carbocycles. The van der Waals surface area contributed by atoms with Crippen molar-refractivity contribution in [3.8, 4) is 0 Å². The Kier molecular flexibility index (Phi) is 8.29. The minimum absolute atomic E-state index is 0.325. The van der Waals surface area contributed by atoms with E-state index in [4.69, 9.17) is 9.47 Å². The van der Waals surface area contributed by atoms with E-state index in [1.807, 2.05) is 0 Å². The third kappa shape index (κ3) is 5.82. The summed E-state index contributed by atoms with van der Waals surface area (Å²) in [6, 6.07) is 0.645. The van der Waals surface area contributed by atoms with Gasteiger partial charge in [-0.05, 0) is 70.5 Å². The monoisotopic (exact) mass is 435 g/mol. The van der Waals surface area contributed by atoms with Gasteiger partial charge in [0.1, 0.15) is 0 Å². The highest BCUT2D eigenvalue weighted by atomic mass is 16.7. The lowest BCUT2D eigenvalue weighted by Gasteiger charge is -2.51. The van der Waals surface area contributed by atoms with Crippen molar-refractivity contribution >= 4 is 5.91 Å². The highest BCUT2D eigenvalue weighted by Crippen LogP contribution is 2.45. The minimum Gasteiger partial charge on any atom is -0.348 e. The van der Waals surface area contributed by atoms with Gasteiger partial charge in [0.05, 0.1) is 13.2 Å². The van der Waals surface area contributed by atoms with Crippen LogP contribution in [0.5, 0.6) is 0 Å². The van der Waals surface area contributed by atoms with Crippen molar-refractivity contribution < 1.29 is 14.3 Å². The zero-order valence-corrected chi connectivity index (χ0v) is 20.0. The number of hydrogen-bond donors (Lipinski definition) is 0. The number of ether oxygens (including phenoxy) is 2. The molecule has 4 rings (SSSR count). The van der Waals surface area contributed by atoms with Crippen molar-refractivity contribution in [1.29, 1.82) is 0 Å². The van der Waals surface area contributed by atoms with Crippen LogP contribution in [0.15, 0.2) is 0 Å². The van der Waals surface area contributed by atoms with Gasteiger partial charge in [0.25, 0.3) is 0 Å². The van der Waals surface area contributed by atoms with Crippen LogP contribution in [0.4, 0.5) is 0 Å². The third-order valence-corrected chi connectivity index (χ3v) is 8.19. The van der Waals surface area contributed by atoms with Crippen LogP contribution in [-0.2, 0) is 14.3 Å². The molecule has 0 N–H and O–H groups in total. The van der Waals surface area contributed by atoms with Crippen molar-refractivity contribution in [2.45, 2.75) is 83.5 Å². The number of carbonyl (C=O) groups is 1. The van der Waals surface area contributed by atoms with Crippen molar-refractivity contribution in [3.63, 3.8) is 0 Å². The molecule has 1 aliphatic carbocycles. The third-order valence-electron chi connectivity index (χ3n) is 8.19. The summed E-state index contributed by atoms with van der Waals surface area (Å²) in [4.78, 5) is 20.6. The lowest BCUT2D eigenvalue weighted by molar-refractivity contribution is -0.203. The average Bonchev–Trinajstić information content (AvgIpc) is 3.22. The number of likely N-dealkylation sites (tertiary alicyclic amines) is 2. The summed E-state index contributed by atoms with van der Waals surface area (Å²) in [7, 11) is 0. The van der Waals surface area contributed by atoms with Gasteiger partial charge in [0.2, 0.25) is 5.91 Å². The minimum atomic E-state index is -0.325. The number of fused-ring (bicyclic) bond motifs is 1. The molecule has 3 atom stereocenters.